The molecule has 3 aromatic rings. The van der Waals surface area contributed by atoms with Crippen molar-refractivity contribution in [1.82, 2.24) is 9.47 Å². The Morgan fingerprint density at radius 3 is 2.34 bits per heavy atom. The van der Waals surface area contributed by atoms with Gasteiger partial charge in [0.05, 0.1) is 11.4 Å². The van der Waals surface area contributed by atoms with Crippen LogP contribution in [0.25, 0.3) is 5.69 Å². The normalized spacial score (nSPS) is 11.9. The van der Waals surface area contributed by atoms with E-state index in [4.69, 9.17) is 5.14 Å². The van der Waals surface area contributed by atoms with Gasteiger partial charge < -0.3 is 4.57 Å². The van der Waals surface area contributed by atoms with Gasteiger partial charge in [0, 0.05) is 34.1 Å². The molecule has 154 valence electrons. The summed E-state index contributed by atoms with van der Waals surface area (Å²) in [5.41, 5.74) is 4.44. The number of carbonyl (C=O) groups is 1. The zero-order valence-electron chi connectivity index (χ0n) is 17.0. The first-order valence-corrected chi connectivity index (χ1v) is 11.6. The van der Waals surface area contributed by atoms with Crippen molar-refractivity contribution in [3.63, 3.8) is 0 Å². The molecule has 0 aliphatic carbocycles. The number of sulfonamides is 1. The Morgan fingerprint density at radius 1 is 1.14 bits per heavy atom. The van der Waals surface area contributed by atoms with Gasteiger partial charge in [0.2, 0.25) is 10.0 Å². The highest BCUT2D eigenvalue weighted by Crippen LogP contribution is 2.23. The lowest BCUT2D eigenvalue weighted by Crippen LogP contribution is -2.25. The number of Topliss-reactive ketones (excluding diaryl/α,β-unsaturated/α-hetero) is 1. The minimum Gasteiger partial charge on any atom is -0.318 e. The van der Waals surface area contributed by atoms with Gasteiger partial charge in [-0.05, 0) is 75.2 Å². The predicted molar refractivity (Wildman–Crippen MR) is 116 cm³/mol. The highest BCUT2D eigenvalue weighted by Gasteiger charge is 2.19. The van der Waals surface area contributed by atoms with Gasteiger partial charge in [-0.25, -0.2) is 13.6 Å². The zero-order valence-corrected chi connectivity index (χ0v) is 18.6. The molecule has 3 rings (SSSR count). The molecule has 2 N–H and O–H groups in total. The van der Waals surface area contributed by atoms with Gasteiger partial charge in [-0.2, -0.15) is 0 Å². The van der Waals surface area contributed by atoms with Crippen LogP contribution in [-0.2, 0) is 16.6 Å². The summed E-state index contributed by atoms with van der Waals surface area (Å²) in [6, 6.07) is 10.3. The number of primary sulfonamides is 1. The Balaban J connectivity index is 1.81. The molecule has 0 radical (unpaired) electrons. The Bertz CT molecular complexity index is 1140. The molecule has 6 nitrogen and oxygen atoms in total. The summed E-state index contributed by atoms with van der Waals surface area (Å²) in [5.74, 6) is 0.0576. The van der Waals surface area contributed by atoms with Crippen molar-refractivity contribution >= 4 is 27.1 Å². The Morgan fingerprint density at radius 2 is 1.79 bits per heavy atom. The van der Waals surface area contributed by atoms with E-state index in [-0.39, 0.29) is 10.7 Å². The van der Waals surface area contributed by atoms with Crippen LogP contribution >= 0.6 is 11.3 Å². The van der Waals surface area contributed by atoms with E-state index >= 15 is 0 Å². The molecule has 0 bridgehead atoms. The minimum atomic E-state index is -3.74. The van der Waals surface area contributed by atoms with Crippen molar-refractivity contribution in [2.45, 2.75) is 32.2 Å². The number of nitrogens with zero attached hydrogens (tertiary/aromatic N) is 2. The summed E-state index contributed by atoms with van der Waals surface area (Å²) in [6.07, 6.45) is 0. The first-order chi connectivity index (χ1) is 13.6. The molecule has 29 heavy (non-hydrogen) atoms. The Kier molecular flexibility index (Phi) is 6.09. The average molecular weight is 432 g/mol. The topological polar surface area (TPSA) is 85.4 Å². The molecule has 0 amide bonds. The lowest BCUT2D eigenvalue weighted by Gasteiger charge is -2.15. The quantitative estimate of drug-likeness (QED) is 0.581. The number of aryl methyl sites for hydroxylation is 2. The monoisotopic (exact) mass is 431 g/mol. The summed E-state index contributed by atoms with van der Waals surface area (Å²) in [5, 5.41) is 7.23. The third kappa shape index (κ3) is 4.67. The van der Waals surface area contributed by atoms with E-state index in [0.29, 0.717) is 12.1 Å². The number of rotatable bonds is 7. The first-order valence-electron chi connectivity index (χ1n) is 9.15. The largest absolute Gasteiger partial charge is 0.318 e. The van der Waals surface area contributed by atoms with E-state index < -0.39 is 10.0 Å². The fraction of sp³-hybridized carbons (Fsp3) is 0.286. The Labute approximate surface area is 175 Å². The van der Waals surface area contributed by atoms with Crippen molar-refractivity contribution in [2.75, 3.05) is 13.6 Å². The van der Waals surface area contributed by atoms with Crippen LogP contribution in [0.5, 0.6) is 0 Å². The average Bonchev–Trinajstić information content (AvgIpc) is 3.17. The van der Waals surface area contributed by atoms with Crippen LogP contribution in [0.3, 0.4) is 0 Å². The molecule has 0 atom stereocenters. The summed E-state index contributed by atoms with van der Waals surface area (Å²) >= 11 is 1.70. The van der Waals surface area contributed by atoms with Crippen LogP contribution in [0.1, 0.15) is 32.2 Å². The van der Waals surface area contributed by atoms with Crippen LogP contribution in [0.4, 0.5) is 0 Å². The van der Waals surface area contributed by atoms with E-state index in [1.165, 1.54) is 22.6 Å². The summed E-state index contributed by atoms with van der Waals surface area (Å²) < 4.78 is 24.9. The maximum atomic E-state index is 12.9. The number of hydrogen-bond donors (Lipinski definition) is 1. The van der Waals surface area contributed by atoms with Gasteiger partial charge in [-0.1, -0.05) is 0 Å². The number of likely N-dealkylation sites (N-methyl/N-ethyl adjacent to an activating group) is 1. The van der Waals surface area contributed by atoms with E-state index in [9.17, 15) is 13.2 Å². The molecular weight excluding hydrogens is 406 g/mol. The van der Waals surface area contributed by atoms with Crippen molar-refractivity contribution < 1.29 is 13.2 Å². The zero-order chi connectivity index (χ0) is 21.3. The summed E-state index contributed by atoms with van der Waals surface area (Å²) in [6.45, 7) is 6.97. The minimum absolute atomic E-state index is 0.0576. The number of benzene rings is 1. The molecule has 2 aromatic heterocycles. The van der Waals surface area contributed by atoms with Crippen molar-refractivity contribution in [1.29, 1.82) is 0 Å². The van der Waals surface area contributed by atoms with Crippen LogP contribution in [0.15, 0.2) is 46.7 Å². The highest BCUT2D eigenvalue weighted by molar-refractivity contribution is 7.89. The number of aromatic nitrogens is 1. The fourth-order valence-electron chi connectivity index (χ4n) is 3.42. The molecule has 0 aliphatic heterocycles. The van der Waals surface area contributed by atoms with E-state index in [1.807, 2.05) is 36.4 Å². The molecule has 0 aliphatic rings. The number of nitrogens with two attached hydrogens (primary N) is 1. The smallest absolute Gasteiger partial charge is 0.238 e. The van der Waals surface area contributed by atoms with Gasteiger partial charge in [-0.15, -0.1) is 11.3 Å². The van der Waals surface area contributed by atoms with Gasteiger partial charge >= 0.3 is 0 Å². The van der Waals surface area contributed by atoms with Crippen LogP contribution in [0, 0.1) is 20.8 Å². The highest BCUT2D eigenvalue weighted by atomic mass is 32.2. The molecule has 0 saturated heterocycles. The molecular formula is C21H25N3O3S2. The van der Waals surface area contributed by atoms with Crippen molar-refractivity contribution in [3.05, 3.63) is 69.2 Å². The fourth-order valence-corrected chi connectivity index (χ4v) is 4.93. The van der Waals surface area contributed by atoms with Gasteiger partial charge in [0.25, 0.3) is 0 Å². The van der Waals surface area contributed by atoms with Gasteiger partial charge in [-0.3, -0.25) is 9.69 Å². The molecule has 1 aromatic carbocycles. The van der Waals surface area contributed by atoms with Crippen molar-refractivity contribution in [2.24, 2.45) is 5.14 Å². The van der Waals surface area contributed by atoms with E-state index in [1.54, 1.807) is 23.5 Å². The van der Waals surface area contributed by atoms with E-state index in [2.05, 4.69) is 18.4 Å². The van der Waals surface area contributed by atoms with Crippen LogP contribution in [0.2, 0.25) is 0 Å². The number of thiophene rings is 1. The summed E-state index contributed by atoms with van der Waals surface area (Å²) in [4.78, 5) is 16.3. The Hall–Kier alpha value is -2.26. The molecule has 2 heterocycles. The molecule has 0 spiro atoms. The van der Waals surface area contributed by atoms with Crippen LogP contribution < -0.4 is 5.14 Å². The molecule has 8 heteroatoms. The maximum Gasteiger partial charge on any atom is 0.238 e. The standard InChI is InChI=1S/C21H25N3O3S2/c1-14-9-10-28-21(14)13-23(4)12-20(25)19-11-15(2)24(16(19)3)17-5-7-18(8-6-17)29(22,26)27/h5-11H,12-13H2,1-4H3,(H2,22,26,27). The third-order valence-electron chi connectivity index (χ3n) is 4.95. The SMILES string of the molecule is Cc1ccsc1CN(C)CC(=O)c1cc(C)n(-c2ccc(S(N)(=O)=O)cc2)c1C. The van der Waals surface area contributed by atoms with Crippen molar-refractivity contribution in [3.8, 4) is 5.69 Å². The van der Waals surface area contributed by atoms with Gasteiger partial charge in [0.1, 0.15) is 0 Å². The predicted octanol–water partition coefficient (Wildman–Crippen LogP) is 3.43. The number of carbonyl (C=O) groups excluding carboxylic acids is 1. The number of hydrogen-bond acceptors (Lipinski definition) is 5. The lowest BCUT2D eigenvalue weighted by molar-refractivity contribution is 0.0943. The maximum absolute atomic E-state index is 12.9. The van der Waals surface area contributed by atoms with E-state index in [0.717, 1.165) is 23.6 Å². The number of ketones is 1. The molecule has 0 fully saturated rings. The molecule has 0 unspecified atom stereocenters. The summed E-state index contributed by atoms with van der Waals surface area (Å²) in [7, 11) is -1.79. The molecule has 0 saturated carbocycles. The van der Waals surface area contributed by atoms with Gasteiger partial charge in [0.15, 0.2) is 5.78 Å². The third-order valence-corrected chi connectivity index (χ3v) is 6.89. The second-order valence-electron chi connectivity index (χ2n) is 7.28. The lowest BCUT2D eigenvalue weighted by atomic mass is 10.1. The second kappa shape index (κ2) is 8.23. The van der Waals surface area contributed by atoms with Crippen LogP contribution in [-0.4, -0.2) is 37.3 Å². The first kappa shape index (κ1) is 21.4. The second-order valence-corrected chi connectivity index (χ2v) is 9.84.